The normalized spacial score (nSPS) is 30.0. The van der Waals surface area contributed by atoms with E-state index < -0.39 is 18.1 Å². The quantitative estimate of drug-likeness (QED) is 0.291. The van der Waals surface area contributed by atoms with Crippen molar-refractivity contribution < 1.29 is 23.9 Å². The minimum absolute atomic E-state index is 0.0358. The van der Waals surface area contributed by atoms with Gasteiger partial charge in [0, 0.05) is 5.92 Å². The molecule has 4 unspecified atom stereocenters. The predicted molar refractivity (Wildman–Crippen MR) is 105 cm³/mol. The number of para-hydroxylation sites is 1. The van der Waals surface area contributed by atoms with Gasteiger partial charge in [-0.25, -0.2) is 4.79 Å². The third-order valence-corrected chi connectivity index (χ3v) is 7.92. The van der Waals surface area contributed by atoms with E-state index in [0.717, 1.165) is 0 Å². The summed E-state index contributed by atoms with van der Waals surface area (Å²) in [6, 6.07) is 7.72. The van der Waals surface area contributed by atoms with Crippen molar-refractivity contribution in [3.05, 3.63) is 30.3 Å². The molecule has 5 atom stereocenters. The maximum absolute atomic E-state index is 12.5. The molecule has 1 N–H and O–H groups in total. The van der Waals surface area contributed by atoms with Crippen LogP contribution in [0.2, 0.25) is 0 Å². The maximum atomic E-state index is 12.5. The Labute approximate surface area is 169 Å². The summed E-state index contributed by atoms with van der Waals surface area (Å²) in [4.78, 5) is 38.3. The zero-order valence-electron chi connectivity index (χ0n) is 14.3. The Morgan fingerprint density at radius 3 is 2.65 bits per heavy atom. The van der Waals surface area contributed by atoms with Gasteiger partial charge in [0.25, 0.3) is 5.91 Å². The van der Waals surface area contributed by atoms with E-state index in [1.54, 1.807) is 23.9 Å². The Kier molecular flexibility index (Phi) is 5.96. The number of benzene rings is 1. The number of hydrogen-bond acceptors (Lipinski definition) is 6. The Morgan fingerprint density at radius 2 is 2.00 bits per heavy atom. The molecule has 9 heteroatoms. The number of nitrogens with zero attached hydrogens (tertiary/aromatic N) is 1. The number of carbonyl (C=O) groups excluding carboxylic acids is 3. The molecule has 0 radical (unpaired) electrons. The van der Waals surface area contributed by atoms with Crippen LogP contribution < -0.4 is 10.1 Å². The molecule has 2 heterocycles. The zero-order valence-corrected chi connectivity index (χ0v) is 17.2. The molecule has 2 amide bonds. The fraction of sp³-hybridized carbons (Fsp3) is 0.471. The molecule has 1 aromatic rings. The number of thioether (sulfide) groups is 1. The molecule has 2 fully saturated rings. The lowest BCUT2D eigenvalue weighted by Gasteiger charge is -2.55. The molecule has 0 aliphatic carbocycles. The summed E-state index contributed by atoms with van der Waals surface area (Å²) in [7, 11) is 1.32. The Bertz CT molecular complexity index is 704. The van der Waals surface area contributed by atoms with Crippen molar-refractivity contribution in [3.8, 4) is 5.75 Å². The van der Waals surface area contributed by atoms with Gasteiger partial charge in [-0.3, -0.25) is 9.59 Å². The molecular formula is C17H19IN2O5S. The third-order valence-electron chi connectivity index (χ3n) is 4.43. The van der Waals surface area contributed by atoms with Gasteiger partial charge < -0.3 is 19.7 Å². The van der Waals surface area contributed by atoms with Gasteiger partial charge in [-0.15, -0.1) is 11.8 Å². The van der Waals surface area contributed by atoms with E-state index in [1.165, 1.54) is 12.0 Å². The monoisotopic (exact) mass is 490 g/mol. The van der Waals surface area contributed by atoms with Gasteiger partial charge >= 0.3 is 5.97 Å². The van der Waals surface area contributed by atoms with E-state index in [9.17, 15) is 14.4 Å². The summed E-state index contributed by atoms with van der Waals surface area (Å²) < 4.78 is 10.4. The SMILES string of the molecule is COC(=O)C1C(C)C(I)S[C@@H]2C(NC(=O)COc3ccccc3)C(=O)N12. The summed E-state index contributed by atoms with van der Waals surface area (Å²) in [6.07, 6.45) is 0. The number of methoxy groups -OCH3 is 1. The van der Waals surface area contributed by atoms with E-state index in [4.69, 9.17) is 9.47 Å². The standard InChI is InChI=1S/C17H19IN2O5S/c1-9-13(17(23)24-2)20-15(22)12(16(20)26-14(9)18)19-11(21)8-25-10-6-4-3-5-7-10/h3-7,9,12-14,16H,8H2,1-2H3,(H,19,21)/t9?,12?,13?,14?,16-/m1/s1. The van der Waals surface area contributed by atoms with Crippen molar-refractivity contribution >= 4 is 52.1 Å². The highest BCUT2D eigenvalue weighted by Gasteiger charge is 2.59. The minimum Gasteiger partial charge on any atom is -0.484 e. The molecule has 0 saturated carbocycles. The number of ether oxygens (including phenoxy) is 2. The van der Waals surface area contributed by atoms with Crippen LogP contribution in [0, 0.1) is 5.92 Å². The maximum Gasteiger partial charge on any atom is 0.328 e. The third kappa shape index (κ3) is 3.64. The topological polar surface area (TPSA) is 84.9 Å². The number of β-lactam (4-membered cyclic amide) rings is 1. The minimum atomic E-state index is -0.649. The molecular weight excluding hydrogens is 471 g/mol. The first-order valence-corrected chi connectivity index (χ1v) is 10.3. The van der Waals surface area contributed by atoms with Gasteiger partial charge in [-0.05, 0) is 12.1 Å². The smallest absolute Gasteiger partial charge is 0.328 e. The molecule has 2 saturated heterocycles. The second-order valence-electron chi connectivity index (χ2n) is 6.10. The van der Waals surface area contributed by atoms with Crippen molar-refractivity contribution in [2.45, 2.75) is 27.6 Å². The molecule has 3 rings (SSSR count). The van der Waals surface area contributed by atoms with Crippen molar-refractivity contribution in [3.63, 3.8) is 0 Å². The van der Waals surface area contributed by atoms with E-state index in [1.807, 2.05) is 25.1 Å². The van der Waals surface area contributed by atoms with Crippen molar-refractivity contribution in [1.29, 1.82) is 0 Å². The highest BCUT2D eigenvalue weighted by Crippen LogP contribution is 2.47. The lowest BCUT2D eigenvalue weighted by molar-refractivity contribution is -0.166. The fourth-order valence-corrected chi connectivity index (χ4v) is 5.71. The number of alkyl halides is 1. The number of rotatable bonds is 5. The molecule has 140 valence electrons. The number of esters is 1. The molecule has 7 nitrogen and oxygen atoms in total. The number of amides is 2. The molecule has 1 aromatic carbocycles. The molecule has 0 bridgehead atoms. The van der Waals surface area contributed by atoms with Crippen LogP contribution >= 0.6 is 34.4 Å². The Hall–Kier alpha value is -1.49. The predicted octanol–water partition coefficient (Wildman–Crippen LogP) is 1.40. The summed E-state index contributed by atoms with van der Waals surface area (Å²) in [5, 5.41) is 2.44. The Morgan fingerprint density at radius 1 is 1.31 bits per heavy atom. The van der Waals surface area contributed by atoms with Gasteiger partial charge in [0.1, 0.15) is 23.2 Å². The number of fused-ring (bicyclic) bond motifs is 1. The molecule has 0 spiro atoms. The van der Waals surface area contributed by atoms with Crippen LogP contribution in [0.3, 0.4) is 0 Å². The summed E-state index contributed by atoms with van der Waals surface area (Å²) in [5.74, 6) is -0.503. The molecule has 2 aliphatic heterocycles. The van der Waals surface area contributed by atoms with Crippen LogP contribution in [0.5, 0.6) is 5.75 Å². The van der Waals surface area contributed by atoms with E-state index in [0.29, 0.717) is 5.75 Å². The Balaban J connectivity index is 1.61. The first-order valence-electron chi connectivity index (χ1n) is 8.10. The van der Waals surface area contributed by atoms with Crippen molar-refractivity contribution in [1.82, 2.24) is 10.2 Å². The first kappa shape index (κ1) is 19.3. The number of carbonyl (C=O) groups is 3. The lowest BCUT2D eigenvalue weighted by atomic mass is 9.95. The van der Waals surface area contributed by atoms with E-state index in [2.05, 4.69) is 27.9 Å². The van der Waals surface area contributed by atoms with Crippen LogP contribution in [0.1, 0.15) is 6.92 Å². The van der Waals surface area contributed by atoms with E-state index in [-0.39, 0.29) is 33.0 Å². The second kappa shape index (κ2) is 8.03. The van der Waals surface area contributed by atoms with Crippen molar-refractivity contribution in [2.75, 3.05) is 13.7 Å². The summed E-state index contributed by atoms with van der Waals surface area (Å²) in [5.41, 5.74) is 0. The van der Waals surface area contributed by atoms with Gasteiger partial charge in [-0.1, -0.05) is 47.7 Å². The largest absolute Gasteiger partial charge is 0.484 e. The summed E-state index contributed by atoms with van der Waals surface area (Å²) in [6.45, 7) is 1.75. The van der Waals surface area contributed by atoms with Gasteiger partial charge in [0.15, 0.2) is 6.61 Å². The zero-order chi connectivity index (χ0) is 18.8. The van der Waals surface area contributed by atoms with Crippen LogP contribution in [0.25, 0.3) is 0 Å². The average molecular weight is 490 g/mol. The van der Waals surface area contributed by atoms with E-state index >= 15 is 0 Å². The van der Waals surface area contributed by atoms with Crippen LogP contribution in [0.15, 0.2) is 30.3 Å². The molecule has 2 aliphatic rings. The highest BCUT2D eigenvalue weighted by atomic mass is 127. The van der Waals surface area contributed by atoms with Gasteiger partial charge in [-0.2, -0.15) is 0 Å². The van der Waals surface area contributed by atoms with Crippen LogP contribution in [-0.4, -0.2) is 57.1 Å². The van der Waals surface area contributed by atoms with Crippen molar-refractivity contribution in [2.24, 2.45) is 5.92 Å². The molecule has 0 aromatic heterocycles. The van der Waals surface area contributed by atoms with Crippen LogP contribution in [0.4, 0.5) is 0 Å². The lowest BCUT2D eigenvalue weighted by Crippen LogP contribution is -2.76. The number of hydrogen-bond donors (Lipinski definition) is 1. The van der Waals surface area contributed by atoms with Gasteiger partial charge in [0.2, 0.25) is 5.91 Å². The first-order chi connectivity index (χ1) is 12.4. The van der Waals surface area contributed by atoms with Crippen LogP contribution in [-0.2, 0) is 19.1 Å². The van der Waals surface area contributed by atoms with Gasteiger partial charge in [0.05, 0.1) is 10.4 Å². The second-order valence-corrected chi connectivity index (χ2v) is 9.55. The fourth-order valence-electron chi connectivity index (χ4n) is 3.04. The average Bonchev–Trinajstić information content (AvgIpc) is 2.66. The highest BCUT2D eigenvalue weighted by molar-refractivity contribution is 14.1. The number of halogens is 1. The summed E-state index contributed by atoms with van der Waals surface area (Å²) >= 11 is 3.83. The molecule has 26 heavy (non-hydrogen) atoms. The number of nitrogens with one attached hydrogen (secondary N) is 1.